The molecular formula is C26H36N2O2S. The van der Waals surface area contributed by atoms with Gasteiger partial charge >= 0.3 is 0 Å². The van der Waals surface area contributed by atoms with Crippen molar-refractivity contribution in [2.75, 3.05) is 12.3 Å². The predicted octanol–water partition coefficient (Wildman–Crippen LogP) is 5.26. The summed E-state index contributed by atoms with van der Waals surface area (Å²) in [6.45, 7) is 9.31. The average molecular weight is 441 g/mol. The van der Waals surface area contributed by atoms with Crippen LogP contribution in [0.4, 0.5) is 0 Å². The molecule has 0 aromatic heterocycles. The Morgan fingerprint density at radius 2 is 1.84 bits per heavy atom. The van der Waals surface area contributed by atoms with Crippen LogP contribution < -0.4 is 5.32 Å². The summed E-state index contributed by atoms with van der Waals surface area (Å²) in [5.41, 5.74) is 4.69. The minimum absolute atomic E-state index is 0.0116. The van der Waals surface area contributed by atoms with E-state index in [9.17, 15) is 9.59 Å². The quantitative estimate of drug-likeness (QED) is 0.458. The van der Waals surface area contributed by atoms with Gasteiger partial charge in [-0.05, 0) is 43.4 Å². The summed E-state index contributed by atoms with van der Waals surface area (Å²) in [5.74, 6) is 1.10. The largest absolute Gasteiger partial charge is 0.354 e. The first-order valence-corrected chi connectivity index (χ1v) is 12.4. The molecule has 168 valence electrons. The molecule has 0 bridgehead atoms. The Morgan fingerprint density at radius 1 is 1.06 bits per heavy atom. The second-order valence-electron chi connectivity index (χ2n) is 8.00. The molecule has 0 radical (unpaired) electrons. The van der Waals surface area contributed by atoms with E-state index in [1.54, 1.807) is 16.7 Å². The second-order valence-corrected chi connectivity index (χ2v) is 8.98. The molecule has 0 heterocycles. The van der Waals surface area contributed by atoms with Crippen LogP contribution >= 0.6 is 11.8 Å². The Kier molecular flexibility index (Phi) is 10.6. The maximum absolute atomic E-state index is 13.3. The molecule has 0 spiro atoms. The number of aryl methyl sites for hydroxylation is 2. The Morgan fingerprint density at radius 3 is 2.52 bits per heavy atom. The predicted molar refractivity (Wildman–Crippen MR) is 131 cm³/mol. The van der Waals surface area contributed by atoms with E-state index in [1.807, 2.05) is 44.2 Å². The van der Waals surface area contributed by atoms with Gasteiger partial charge in [-0.15, -0.1) is 11.8 Å². The van der Waals surface area contributed by atoms with Crippen LogP contribution in [0.1, 0.15) is 55.4 Å². The van der Waals surface area contributed by atoms with Gasteiger partial charge in [-0.1, -0.05) is 74.4 Å². The fraction of sp³-hybridized carbons (Fsp3) is 0.462. The zero-order valence-corrected chi connectivity index (χ0v) is 20.1. The van der Waals surface area contributed by atoms with Crippen LogP contribution in [0.3, 0.4) is 0 Å². The van der Waals surface area contributed by atoms with Gasteiger partial charge in [0, 0.05) is 18.8 Å². The molecule has 0 saturated carbocycles. The third-order valence-electron chi connectivity index (χ3n) is 5.40. The third kappa shape index (κ3) is 8.06. The zero-order chi connectivity index (χ0) is 22.6. The molecular weight excluding hydrogens is 404 g/mol. The molecule has 0 unspecified atom stereocenters. The lowest BCUT2D eigenvalue weighted by molar-refractivity contribution is -0.139. The summed E-state index contributed by atoms with van der Waals surface area (Å²) in [4.78, 5) is 27.9. The fourth-order valence-corrected chi connectivity index (χ4v) is 4.52. The molecule has 0 aliphatic carbocycles. The molecule has 2 aromatic carbocycles. The molecule has 5 heteroatoms. The van der Waals surface area contributed by atoms with Gasteiger partial charge in [0.1, 0.15) is 6.04 Å². The van der Waals surface area contributed by atoms with Crippen molar-refractivity contribution < 1.29 is 9.59 Å². The topological polar surface area (TPSA) is 49.4 Å². The molecule has 2 aromatic rings. The molecule has 0 aliphatic rings. The number of thioether (sulfide) groups is 1. The van der Waals surface area contributed by atoms with Gasteiger partial charge < -0.3 is 10.2 Å². The Balaban J connectivity index is 2.11. The van der Waals surface area contributed by atoms with Crippen molar-refractivity contribution in [3.05, 3.63) is 70.8 Å². The molecule has 1 N–H and O–H groups in total. The van der Waals surface area contributed by atoms with E-state index in [4.69, 9.17) is 0 Å². The minimum Gasteiger partial charge on any atom is -0.354 e. The molecule has 2 amide bonds. The maximum atomic E-state index is 13.3. The molecule has 0 aliphatic heterocycles. The normalized spacial score (nSPS) is 11.7. The van der Waals surface area contributed by atoms with Crippen molar-refractivity contribution in [2.24, 2.45) is 0 Å². The first-order valence-electron chi connectivity index (χ1n) is 11.2. The highest BCUT2D eigenvalue weighted by Crippen LogP contribution is 2.19. The Labute approximate surface area is 191 Å². The van der Waals surface area contributed by atoms with Crippen LogP contribution in [0.2, 0.25) is 0 Å². The molecule has 4 nitrogen and oxygen atoms in total. The maximum Gasteiger partial charge on any atom is 0.242 e. The molecule has 0 fully saturated rings. The number of hydrogen-bond donors (Lipinski definition) is 1. The number of nitrogens with zero attached hydrogens (tertiary/aromatic N) is 1. The van der Waals surface area contributed by atoms with E-state index < -0.39 is 6.04 Å². The van der Waals surface area contributed by atoms with E-state index >= 15 is 0 Å². The first-order chi connectivity index (χ1) is 15.0. The summed E-state index contributed by atoms with van der Waals surface area (Å²) in [7, 11) is 0. The van der Waals surface area contributed by atoms with Crippen molar-refractivity contribution in [2.45, 2.75) is 65.3 Å². The monoisotopic (exact) mass is 440 g/mol. The highest BCUT2D eigenvalue weighted by Gasteiger charge is 2.28. The second kappa shape index (κ2) is 13.2. The molecule has 31 heavy (non-hydrogen) atoms. The first kappa shape index (κ1) is 25.0. The van der Waals surface area contributed by atoms with Gasteiger partial charge in [-0.2, -0.15) is 0 Å². The van der Waals surface area contributed by atoms with Gasteiger partial charge in [0.05, 0.1) is 5.75 Å². The molecule has 0 saturated heterocycles. The lowest BCUT2D eigenvalue weighted by Gasteiger charge is -2.30. The van der Waals surface area contributed by atoms with Gasteiger partial charge in [-0.3, -0.25) is 9.59 Å². The number of carbonyl (C=O) groups is 2. The smallest absolute Gasteiger partial charge is 0.242 e. The van der Waals surface area contributed by atoms with Crippen molar-refractivity contribution in [1.29, 1.82) is 0 Å². The highest BCUT2D eigenvalue weighted by atomic mass is 32.2. The minimum atomic E-state index is -0.455. The summed E-state index contributed by atoms with van der Waals surface area (Å²) in [5, 5.41) is 3.02. The standard InChI is InChI=1S/C26H36N2O2S/c1-5-7-15-27-26(30)24(6-2)28(17-22-13-10-11-20(3)16-22)25(29)19-31-18-23-14-9-8-12-21(23)4/h8-14,16,24H,5-7,15,17-19H2,1-4H3,(H,27,30)/t24-/m1/s1. The molecule has 1 atom stereocenters. The van der Waals surface area contributed by atoms with E-state index in [0.29, 0.717) is 25.3 Å². The zero-order valence-electron chi connectivity index (χ0n) is 19.3. The lowest BCUT2D eigenvalue weighted by atomic mass is 10.1. The van der Waals surface area contributed by atoms with E-state index in [-0.39, 0.29) is 11.8 Å². The van der Waals surface area contributed by atoms with Crippen molar-refractivity contribution >= 4 is 23.6 Å². The SMILES string of the molecule is CCCCNC(=O)[C@@H](CC)N(Cc1cccc(C)c1)C(=O)CSCc1ccccc1C. The number of benzene rings is 2. The lowest BCUT2D eigenvalue weighted by Crippen LogP contribution is -2.49. The van der Waals surface area contributed by atoms with Crippen LogP contribution in [0.5, 0.6) is 0 Å². The number of nitrogens with one attached hydrogen (secondary N) is 1. The van der Waals surface area contributed by atoms with E-state index in [0.717, 1.165) is 29.7 Å². The number of unbranched alkanes of at least 4 members (excludes halogenated alkanes) is 1. The summed E-state index contributed by atoms with van der Waals surface area (Å²) in [6.07, 6.45) is 2.57. The van der Waals surface area contributed by atoms with Crippen LogP contribution in [-0.2, 0) is 21.9 Å². The van der Waals surface area contributed by atoms with Crippen LogP contribution in [-0.4, -0.2) is 35.1 Å². The fourth-order valence-electron chi connectivity index (χ4n) is 3.54. The van der Waals surface area contributed by atoms with Gasteiger partial charge in [0.25, 0.3) is 0 Å². The molecule has 2 rings (SSSR count). The number of carbonyl (C=O) groups excluding carboxylic acids is 2. The summed E-state index contributed by atoms with van der Waals surface area (Å²) >= 11 is 1.61. The van der Waals surface area contributed by atoms with Crippen LogP contribution in [0, 0.1) is 13.8 Å². The van der Waals surface area contributed by atoms with Gasteiger partial charge in [0.15, 0.2) is 0 Å². The third-order valence-corrected chi connectivity index (χ3v) is 6.36. The number of hydrogen-bond acceptors (Lipinski definition) is 3. The van der Waals surface area contributed by atoms with E-state index in [1.165, 1.54) is 11.1 Å². The average Bonchev–Trinajstić information content (AvgIpc) is 2.75. The van der Waals surface area contributed by atoms with Gasteiger partial charge in [0.2, 0.25) is 11.8 Å². The van der Waals surface area contributed by atoms with Crippen LogP contribution in [0.15, 0.2) is 48.5 Å². The van der Waals surface area contributed by atoms with Crippen molar-refractivity contribution in [3.63, 3.8) is 0 Å². The number of amides is 2. The Hall–Kier alpha value is -2.27. The number of rotatable bonds is 12. The van der Waals surface area contributed by atoms with Crippen LogP contribution in [0.25, 0.3) is 0 Å². The summed E-state index contributed by atoms with van der Waals surface area (Å²) < 4.78 is 0. The Bertz CT molecular complexity index is 853. The van der Waals surface area contributed by atoms with Crippen molar-refractivity contribution in [1.82, 2.24) is 10.2 Å². The van der Waals surface area contributed by atoms with E-state index in [2.05, 4.69) is 37.4 Å². The summed E-state index contributed by atoms with van der Waals surface area (Å²) in [6, 6.07) is 16.0. The van der Waals surface area contributed by atoms with Crippen molar-refractivity contribution in [3.8, 4) is 0 Å². The van der Waals surface area contributed by atoms with Gasteiger partial charge in [-0.25, -0.2) is 0 Å². The highest BCUT2D eigenvalue weighted by molar-refractivity contribution is 7.99.